The van der Waals surface area contributed by atoms with Gasteiger partial charge in [-0.1, -0.05) is 65.2 Å². The summed E-state index contributed by atoms with van der Waals surface area (Å²) in [7, 11) is 0. The van der Waals surface area contributed by atoms with Crippen LogP contribution in [0.25, 0.3) is 0 Å². The fourth-order valence-electron chi connectivity index (χ4n) is 1.48. The zero-order valence-corrected chi connectivity index (χ0v) is 10.5. The molecule has 0 amide bonds. The van der Waals surface area contributed by atoms with Crippen LogP contribution < -0.4 is 0 Å². The maximum absolute atomic E-state index is 2.86. The largest absolute Gasteiger partial charge is 0.368 e. The van der Waals surface area contributed by atoms with Crippen molar-refractivity contribution in [3.63, 3.8) is 0 Å². The second-order valence-electron chi connectivity index (χ2n) is 4.01. The van der Waals surface area contributed by atoms with Crippen LogP contribution >= 0.6 is 0 Å². The van der Waals surface area contributed by atoms with Crippen molar-refractivity contribution < 1.29 is 0 Å². The number of nitrogens with one attached hydrogen (secondary N) is 1. The molecule has 0 radical (unpaired) electrons. The van der Waals surface area contributed by atoms with Gasteiger partial charge in [0, 0.05) is 12.4 Å². The van der Waals surface area contributed by atoms with Gasteiger partial charge in [0.1, 0.15) is 0 Å². The molecular weight excluding hydrogens is 182 g/mol. The lowest BCUT2D eigenvalue weighted by molar-refractivity contribution is 0.585. The maximum Gasteiger partial charge on any atom is 0.000496 e. The molecule has 0 saturated heterocycles. The van der Waals surface area contributed by atoms with Crippen molar-refractivity contribution >= 4 is 0 Å². The molecule has 1 rings (SSSR count). The van der Waals surface area contributed by atoms with Gasteiger partial charge >= 0.3 is 0 Å². The Hall–Kier alpha value is -0.720. The van der Waals surface area contributed by atoms with Crippen LogP contribution in [0.2, 0.25) is 0 Å². The van der Waals surface area contributed by atoms with Crippen molar-refractivity contribution in [2.24, 2.45) is 0 Å². The van der Waals surface area contributed by atoms with Gasteiger partial charge in [0.05, 0.1) is 0 Å². The Morgan fingerprint density at radius 1 is 0.667 bits per heavy atom. The molecule has 0 aliphatic heterocycles. The molecule has 0 unspecified atom stereocenters. The molecule has 0 spiro atoms. The molecule has 1 heteroatoms. The third-order valence-electron chi connectivity index (χ3n) is 2.45. The van der Waals surface area contributed by atoms with Gasteiger partial charge in [0.15, 0.2) is 0 Å². The van der Waals surface area contributed by atoms with E-state index < -0.39 is 0 Å². The normalized spacial score (nSPS) is 9.47. The van der Waals surface area contributed by atoms with Crippen LogP contribution in [0, 0.1) is 0 Å². The monoisotopic (exact) mass is 209 g/mol. The van der Waals surface area contributed by atoms with Crippen molar-refractivity contribution in [2.75, 3.05) is 0 Å². The summed E-state index contributed by atoms with van der Waals surface area (Å²) < 4.78 is 0. The quantitative estimate of drug-likeness (QED) is 0.597. The molecule has 0 aromatic carbocycles. The summed E-state index contributed by atoms with van der Waals surface area (Å²) in [6, 6.07) is 3.89. The first kappa shape index (κ1) is 14.3. The van der Waals surface area contributed by atoms with E-state index in [9.17, 15) is 0 Å². The summed E-state index contributed by atoms with van der Waals surface area (Å²) in [5.41, 5.74) is 0. The van der Waals surface area contributed by atoms with Crippen molar-refractivity contribution in [1.29, 1.82) is 0 Å². The first-order chi connectivity index (χ1) is 7.41. The average molecular weight is 209 g/mol. The second kappa shape index (κ2) is 13.3. The Balaban J connectivity index is 0.000000322. The van der Waals surface area contributed by atoms with Gasteiger partial charge in [-0.05, 0) is 12.1 Å². The number of rotatable bonds is 7. The number of unbranched alkanes of at least 4 members (excludes halogenated alkanes) is 7. The first-order valence-corrected chi connectivity index (χ1v) is 6.49. The highest BCUT2D eigenvalue weighted by atomic mass is 14.6. The van der Waals surface area contributed by atoms with Gasteiger partial charge in [-0.2, -0.15) is 0 Å². The van der Waals surface area contributed by atoms with E-state index in [0.29, 0.717) is 0 Å². The standard InChI is InChI=1S/C10H22.C4H5N/c1-3-5-7-9-10-8-6-4-2;1-2-4-5-3-1/h3-10H2,1-2H3;1-5H. The van der Waals surface area contributed by atoms with Crippen LogP contribution in [0.1, 0.15) is 65.2 Å². The summed E-state index contributed by atoms with van der Waals surface area (Å²) in [6.07, 6.45) is 15.2. The van der Waals surface area contributed by atoms with Gasteiger partial charge in [0.25, 0.3) is 0 Å². The molecule has 1 N–H and O–H groups in total. The minimum atomic E-state index is 1.37. The third-order valence-corrected chi connectivity index (χ3v) is 2.45. The highest BCUT2D eigenvalue weighted by molar-refractivity contribution is 4.84. The van der Waals surface area contributed by atoms with Crippen molar-refractivity contribution in [3.8, 4) is 0 Å². The molecule has 1 nitrogen and oxygen atoms in total. The first-order valence-electron chi connectivity index (χ1n) is 6.49. The number of aromatic amines is 1. The van der Waals surface area contributed by atoms with Gasteiger partial charge in [-0.15, -0.1) is 0 Å². The van der Waals surface area contributed by atoms with Gasteiger partial charge in [-0.3, -0.25) is 0 Å². The summed E-state index contributed by atoms with van der Waals surface area (Å²) in [5.74, 6) is 0. The van der Waals surface area contributed by atoms with E-state index in [0.717, 1.165) is 0 Å². The van der Waals surface area contributed by atoms with E-state index in [1.54, 1.807) is 0 Å². The Labute approximate surface area is 95.3 Å². The lowest BCUT2D eigenvalue weighted by Gasteiger charge is -1.97. The summed E-state index contributed by atoms with van der Waals surface area (Å²) in [6.45, 7) is 4.54. The molecule has 1 aromatic rings. The van der Waals surface area contributed by atoms with Crippen molar-refractivity contribution in [2.45, 2.75) is 65.2 Å². The van der Waals surface area contributed by atoms with Crippen molar-refractivity contribution in [3.05, 3.63) is 24.5 Å². The van der Waals surface area contributed by atoms with Gasteiger partial charge in [0.2, 0.25) is 0 Å². The molecule has 0 bridgehead atoms. The number of H-pyrrole nitrogens is 1. The Morgan fingerprint density at radius 2 is 1.07 bits per heavy atom. The zero-order valence-electron chi connectivity index (χ0n) is 10.5. The Morgan fingerprint density at radius 3 is 1.33 bits per heavy atom. The van der Waals surface area contributed by atoms with Gasteiger partial charge in [-0.25, -0.2) is 0 Å². The predicted octanol–water partition coefficient (Wildman–Crippen LogP) is 5.16. The predicted molar refractivity (Wildman–Crippen MR) is 69.1 cm³/mol. The van der Waals surface area contributed by atoms with E-state index in [1.165, 1.54) is 51.4 Å². The van der Waals surface area contributed by atoms with E-state index >= 15 is 0 Å². The lowest BCUT2D eigenvalue weighted by atomic mass is 10.1. The Kier molecular flexibility index (Phi) is 12.6. The number of hydrogen-bond donors (Lipinski definition) is 1. The van der Waals surface area contributed by atoms with Crippen LogP contribution in [0.5, 0.6) is 0 Å². The summed E-state index contributed by atoms with van der Waals surface area (Å²) in [5, 5.41) is 0. The van der Waals surface area contributed by atoms with Crippen LogP contribution in [0.15, 0.2) is 24.5 Å². The van der Waals surface area contributed by atoms with Crippen LogP contribution in [-0.2, 0) is 0 Å². The molecule has 0 atom stereocenters. The average Bonchev–Trinajstić information content (AvgIpc) is 2.82. The molecule has 0 aliphatic rings. The van der Waals surface area contributed by atoms with Crippen LogP contribution in [-0.4, -0.2) is 4.98 Å². The fourth-order valence-corrected chi connectivity index (χ4v) is 1.48. The van der Waals surface area contributed by atoms with Crippen molar-refractivity contribution in [1.82, 2.24) is 4.98 Å². The van der Waals surface area contributed by atoms with E-state index in [2.05, 4.69) is 18.8 Å². The molecule has 0 saturated carbocycles. The topological polar surface area (TPSA) is 15.8 Å². The molecule has 15 heavy (non-hydrogen) atoms. The smallest absolute Gasteiger partial charge is 0.000496 e. The maximum atomic E-state index is 2.86. The van der Waals surface area contributed by atoms with Crippen LogP contribution in [0.3, 0.4) is 0 Å². The zero-order chi connectivity index (χ0) is 11.2. The summed E-state index contributed by atoms with van der Waals surface area (Å²) in [4.78, 5) is 2.86. The molecular formula is C14H27N. The number of hydrogen-bond acceptors (Lipinski definition) is 0. The molecule has 1 heterocycles. The summed E-state index contributed by atoms with van der Waals surface area (Å²) >= 11 is 0. The highest BCUT2D eigenvalue weighted by Crippen LogP contribution is 2.07. The van der Waals surface area contributed by atoms with E-state index in [4.69, 9.17) is 0 Å². The molecule has 1 aromatic heterocycles. The van der Waals surface area contributed by atoms with E-state index in [1.807, 2.05) is 24.5 Å². The SMILES string of the molecule is CCCCCCCCCC.c1cc[nH]c1. The fraction of sp³-hybridized carbons (Fsp3) is 0.714. The molecule has 0 aliphatic carbocycles. The van der Waals surface area contributed by atoms with Gasteiger partial charge < -0.3 is 4.98 Å². The van der Waals surface area contributed by atoms with E-state index in [-0.39, 0.29) is 0 Å². The lowest BCUT2D eigenvalue weighted by Crippen LogP contribution is -1.77. The minimum Gasteiger partial charge on any atom is -0.368 e. The number of aromatic nitrogens is 1. The molecule has 88 valence electrons. The molecule has 0 fully saturated rings. The highest BCUT2D eigenvalue weighted by Gasteiger charge is 1.87. The second-order valence-corrected chi connectivity index (χ2v) is 4.01. The third kappa shape index (κ3) is 13.3. The Bertz CT molecular complexity index is 142. The van der Waals surface area contributed by atoms with Crippen LogP contribution in [0.4, 0.5) is 0 Å². The minimum absolute atomic E-state index is 1.37.